The van der Waals surface area contributed by atoms with E-state index in [-0.39, 0.29) is 6.04 Å². The molecule has 0 radical (unpaired) electrons. The van der Waals surface area contributed by atoms with Crippen LogP contribution >= 0.6 is 11.6 Å². The number of fused-ring (bicyclic) bond motifs is 1. The minimum atomic E-state index is 0.0403. The van der Waals surface area contributed by atoms with Crippen LogP contribution in [0.25, 0.3) is 0 Å². The van der Waals surface area contributed by atoms with Gasteiger partial charge in [0.1, 0.15) is 10.9 Å². The van der Waals surface area contributed by atoms with Crippen LogP contribution in [0.5, 0.6) is 5.75 Å². The van der Waals surface area contributed by atoms with Crippen molar-refractivity contribution in [2.45, 2.75) is 12.5 Å². The summed E-state index contributed by atoms with van der Waals surface area (Å²) in [6.07, 6.45) is 2.53. The zero-order valence-electron chi connectivity index (χ0n) is 6.46. The molecule has 0 spiro atoms. The van der Waals surface area contributed by atoms with Crippen molar-refractivity contribution in [1.29, 1.82) is 0 Å². The Morgan fingerprint density at radius 3 is 3.33 bits per heavy atom. The Morgan fingerprint density at radius 1 is 1.67 bits per heavy atom. The second-order valence-corrected chi connectivity index (χ2v) is 3.18. The van der Waals surface area contributed by atoms with Gasteiger partial charge in [-0.2, -0.15) is 0 Å². The predicted octanol–water partition coefficient (Wildman–Crippen LogP) is 1.52. The van der Waals surface area contributed by atoms with Gasteiger partial charge in [0.05, 0.1) is 6.61 Å². The number of hydrogen-bond donors (Lipinski definition) is 1. The fourth-order valence-electron chi connectivity index (χ4n) is 1.28. The number of nitrogens with two attached hydrogens (primary N) is 1. The molecule has 3 nitrogen and oxygen atoms in total. The molecule has 2 rings (SSSR count). The van der Waals surface area contributed by atoms with Gasteiger partial charge in [-0.1, -0.05) is 11.6 Å². The van der Waals surface area contributed by atoms with E-state index in [0.717, 1.165) is 17.7 Å². The van der Waals surface area contributed by atoms with E-state index in [2.05, 4.69) is 4.98 Å². The van der Waals surface area contributed by atoms with Gasteiger partial charge in [0.25, 0.3) is 0 Å². The Labute approximate surface area is 75.5 Å². The summed E-state index contributed by atoms with van der Waals surface area (Å²) >= 11 is 5.69. The second kappa shape index (κ2) is 2.92. The van der Waals surface area contributed by atoms with E-state index >= 15 is 0 Å². The molecule has 1 aliphatic rings. The molecule has 0 bridgehead atoms. The summed E-state index contributed by atoms with van der Waals surface area (Å²) in [5.41, 5.74) is 6.78. The molecule has 12 heavy (non-hydrogen) atoms. The van der Waals surface area contributed by atoms with Crippen LogP contribution < -0.4 is 10.5 Å². The largest absolute Gasteiger partial charge is 0.493 e. The summed E-state index contributed by atoms with van der Waals surface area (Å²) in [4.78, 5) is 3.95. The molecule has 4 heteroatoms. The van der Waals surface area contributed by atoms with Gasteiger partial charge in [-0.3, -0.25) is 0 Å². The molecule has 0 aromatic carbocycles. The predicted molar refractivity (Wildman–Crippen MR) is 46.3 cm³/mol. The fourth-order valence-corrected chi connectivity index (χ4v) is 1.43. The van der Waals surface area contributed by atoms with Crippen LogP contribution in [0.4, 0.5) is 0 Å². The van der Waals surface area contributed by atoms with E-state index < -0.39 is 0 Å². The zero-order chi connectivity index (χ0) is 8.55. The van der Waals surface area contributed by atoms with Gasteiger partial charge in [-0.05, 0) is 0 Å². The van der Waals surface area contributed by atoms with Crippen LogP contribution in [0, 0.1) is 0 Å². The van der Waals surface area contributed by atoms with Crippen LogP contribution in [0.3, 0.4) is 0 Å². The maximum Gasteiger partial charge on any atom is 0.132 e. The monoisotopic (exact) mass is 184 g/mol. The number of pyridine rings is 1. The minimum absolute atomic E-state index is 0.0403. The maximum absolute atomic E-state index is 5.83. The molecule has 1 aliphatic heterocycles. The Bertz CT molecular complexity index is 303. The summed E-state index contributed by atoms with van der Waals surface area (Å²) < 4.78 is 5.37. The lowest BCUT2D eigenvalue weighted by atomic mass is 10.0. The number of nitrogens with zero attached hydrogens (tertiary/aromatic N) is 1. The first-order chi connectivity index (χ1) is 5.77. The van der Waals surface area contributed by atoms with Gasteiger partial charge in [-0.25, -0.2) is 4.98 Å². The minimum Gasteiger partial charge on any atom is -0.493 e. The molecule has 1 atom stereocenters. The Kier molecular flexibility index (Phi) is 1.90. The third kappa shape index (κ3) is 1.26. The highest BCUT2D eigenvalue weighted by Gasteiger charge is 2.18. The number of hydrogen-bond acceptors (Lipinski definition) is 3. The lowest BCUT2D eigenvalue weighted by molar-refractivity contribution is 0.268. The molecule has 0 saturated carbocycles. The van der Waals surface area contributed by atoms with Crippen molar-refractivity contribution in [2.24, 2.45) is 5.73 Å². The topological polar surface area (TPSA) is 48.1 Å². The van der Waals surface area contributed by atoms with Crippen LogP contribution in [0.2, 0.25) is 5.15 Å². The van der Waals surface area contributed by atoms with Gasteiger partial charge in [0.15, 0.2) is 0 Å². The normalized spacial score (nSPS) is 21.3. The number of halogens is 1. The van der Waals surface area contributed by atoms with Gasteiger partial charge in [-0.15, -0.1) is 0 Å². The van der Waals surface area contributed by atoms with Crippen LogP contribution in [-0.4, -0.2) is 11.6 Å². The first kappa shape index (κ1) is 7.83. The van der Waals surface area contributed by atoms with Crippen molar-refractivity contribution in [2.75, 3.05) is 6.61 Å². The van der Waals surface area contributed by atoms with Crippen LogP contribution in [0.1, 0.15) is 18.0 Å². The van der Waals surface area contributed by atoms with Crippen molar-refractivity contribution in [3.63, 3.8) is 0 Å². The zero-order valence-corrected chi connectivity index (χ0v) is 7.21. The van der Waals surface area contributed by atoms with Gasteiger partial charge < -0.3 is 10.5 Å². The SMILES string of the molecule is NC1CCOc2cc(Cl)ncc21. The summed E-state index contributed by atoms with van der Waals surface area (Å²) in [6.45, 7) is 0.661. The summed E-state index contributed by atoms with van der Waals surface area (Å²) in [7, 11) is 0. The van der Waals surface area contributed by atoms with Crippen LogP contribution in [-0.2, 0) is 0 Å². The van der Waals surface area contributed by atoms with E-state index in [1.165, 1.54) is 0 Å². The summed E-state index contributed by atoms with van der Waals surface area (Å²) in [6, 6.07) is 1.74. The first-order valence-corrected chi connectivity index (χ1v) is 4.19. The molecule has 2 heterocycles. The quantitative estimate of drug-likeness (QED) is 0.622. The van der Waals surface area contributed by atoms with Crippen molar-refractivity contribution >= 4 is 11.6 Å². The molecule has 2 N–H and O–H groups in total. The summed E-state index contributed by atoms with van der Waals surface area (Å²) in [5, 5.41) is 0.447. The fraction of sp³-hybridized carbons (Fsp3) is 0.375. The van der Waals surface area contributed by atoms with E-state index in [4.69, 9.17) is 22.1 Å². The van der Waals surface area contributed by atoms with Crippen molar-refractivity contribution in [3.8, 4) is 5.75 Å². The molecule has 0 amide bonds. The average Bonchev–Trinajstić information content (AvgIpc) is 2.04. The number of aromatic nitrogens is 1. The third-order valence-electron chi connectivity index (χ3n) is 1.95. The van der Waals surface area contributed by atoms with E-state index in [0.29, 0.717) is 11.8 Å². The number of rotatable bonds is 0. The molecule has 0 saturated heterocycles. The molecular weight excluding hydrogens is 176 g/mol. The smallest absolute Gasteiger partial charge is 0.132 e. The molecule has 1 aromatic rings. The van der Waals surface area contributed by atoms with E-state index in [1.807, 2.05) is 0 Å². The Morgan fingerprint density at radius 2 is 2.50 bits per heavy atom. The lowest BCUT2D eigenvalue weighted by Crippen LogP contribution is -2.20. The maximum atomic E-state index is 5.83. The standard InChI is InChI=1S/C8H9ClN2O/c9-8-3-7-5(4-11-8)6(10)1-2-12-7/h3-4,6H,1-2,10H2. The van der Waals surface area contributed by atoms with Gasteiger partial charge in [0, 0.05) is 30.3 Å². The van der Waals surface area contributed by atoms with Crippen molar-refractivity contribution in [1.82, 2.24) is 4.98 Å². The van der Waals surface area contributed by atoms with Gasteiger partial charge in [0.2, 0.25) is 0 Å². The van der Waals surface area contributed by atoms with E-state index in [1.54, 1.807) is 12.3 Å². The van der Waals surface area contributed by atoms with E-state index in [9.17, 15) is 0 Å². The molecular formula is C8H9ClN2O. The van der Waals surface area contributed by atoms with Crippen molar-refractivity contribution < 1.29 is 4.74 Å². The number of ether oxygens (including phenoxy) is 1. The third-order valence-corrected chi connectivity index (χ3v) is 2.15. The first-order valence-electron chi connectivity index (χ1n) is 3.81. The highest BCUT2D eigenvalue weighted by atomic mass is 35.5. The molecule has 0 aliphatic carbocycles. The molecule has 1 aromatic heterocycles. The highest BCUT2D eigenvalue weighted by Crippen LogP contribution is 2.30. The van der Waals surface area contributed by atoms with Crippen molar-refractivity contribution in [3.05, 3.63) is 23.0 Å². The second-order valence-electron chi connectivity index (χ2n) is 2.79. The average molecular weight is 185 g/mol. The Balaban J connectivity index is 2.46. The lowest BCUT2D eigenvalue weighted by Gasteiger charge is -2.22. The Hall–Kier alpha value is -0.800. The highest BCUT2D eigenvalue weighted by molar-refractivity contribution is 6.29. The molecule has 64 valence electrons. The molecule has 1 unspecified atom stereocenters. The molecule has 0 fully saturated rings. The van der Waals surface area contributed by atoms with Crippen LogP contribution in [0.15, 0.2) is 12.3 Å². The van der Waals surface area contributed by atoms with Gasteiger partial charge >= 0.3 is 0 Å². The summed E-state index contributed by atoms with van der Waals surface area (Å²) in [5.74, 6) is 0.772.